The first-order chi connectivity index (χ1) is 14.0. The van der Waals surface area contributed by atoms with Gasteiger partial charge in [-0.1, -0.05) is 43.8 Å². The van der Waals surface area contributed by atoms with Crippen molar-refractivity contribution < 1.29 is 4.79 Å². The smallest absolute Gasteiger partial charge is 0.267 e. The number of fused-ring (bicyclic) bond motifs is 1. The number of hydrogen-bond acceptors (Lipinski definition) is 5. The van der Waals surface area contributed by atoms with Gasteiger partial charge >= 0.3 is 0 Å². The molecule has 1 aliphatic carbocycles. The maximum atomic E-state index is 13.5. The van der Waals surface area contributed by atoms with Crippen LogP contribution in [0, 0.1) is 5.92 Å². The van der Waals surface area contributed by atoms with Gasteiger partial charge in [-0.25, -0.2) is 4.98 Å². The van der Waals surface area contributed by atoms with Gasteiger partial charge in [0.1, 0.15) is 4.83 Å². The molecular formula is C22H25N3O2S2. The van der Waals surface area contributed by atoms with Crippen molar-refractivity contribution in [2.75, 3.05) is 6.54 Å². The third kappa shape index (κ3) is 4.26. The van der Waals surface area contributed by atoms with Gasteiger partial charge in [0.15, 0.2) is 5.16 Å². The summed E-state index contributed by atoms with van der Waals surface area (Å²) < 4.78 is 1.66. The molecular weight excluding hydrogens is 402 g/mol. The Morgan fingerprint density at radius 2 is 2.00 bits per heavy atom. The monoisotopic (exact) mass is 427 g/mol. The third-order valence-corrected chi connectivity index (χ3v) is 6.92. The van der Waals surface area contributed by atoms with Gasteiger partial charge in [-0.2, -0.15) is 0 Å². The number of nitrogens with zero attached hydrogens (tertiary/aromatic N) is 2. The number of nitrogens with one attached hydrogen (secondary N) is 1. The Morgan fingerprint density at radius 1 is 1.28 bits per heavy atom. The Kier molecular flexibility index (Phi) is 5.79. The molecule has 0 aliphatic heterocycles. The molecule has 4 rings (SSSR count). The van der Waals surface area contributed by atoms with Crippen molar-refractivity contribution in [2.24, 2.45) is 5.92 Å². The summed E-state index contributed by atoms with van der Waals surface area (Å²) in [4.78, 5) is 31.6. The first-order valence-corrected chi connectivity index (χ1v) is 11.8. The summed E-state index contributed by atoms with van der Waals surface area (Å²) in [7, 11) is 0. The van der Waals surface area contributed by atoms with Gasteiger partial charge < -0.3 is 5.32 Å². The molecule has 1 unspecified atom stereocenters. The molecule has 0 spiro atoms. The summed E-state index contributed by atoms with van der Waals surface area (Å²) in [6, 6.07) is 9.57. The number of benzene rings is 1. The van der Waals surface area contributed by atoms with Gasteiger partial charge in [0.05, 0.1) is 16.3 Å². The van der Waals surface area contributed by atoms with Crippen LogP contribution in [0.4, 0.5) is 0 Å². The molecule has 29 heavy (non-hydrogen) atoms. The van der Waals surface area contributed by atoms with E-state index in [4.69, 9.17) is 4.98 Å². The fraction of sp³-hybridized carbons (Fsp3) is 0.409. The summed E-state index contributed by atoms with van der Waals surface area (Å²) in [6.07, 6.45) is 2.28. The number of thioether (sulfide) groups is 1. The highest BCUT2D eigenvalue weighted by Crippen LogP contribution is 2.44. The van der Waals surface area contributed by atoms with Gasteiger partial charge in [-0.05, 0) is 54.7 Å². The molecule has 5 nitrogen and oxygen atoms in total. The molecule has 1 amide bonds. The van der Waals surface area contributed by atoms with Crippen molar-refractivity contribution in [3.8, 4) is 5.69 Å². The molecule has 152 valence electrons. The van der Waals surface area contributed by atoms with E-state index in [1.807, 2.05) is 37.3 Å². The van der Waals surface area contributed by atoms with Crippen LogP contribution in [0.2, 0.25) is 0 Å². The Labute approximate surface area is 178 Å². The molecule has 2 heterocycles. The van der Waals surface area contributed by atoms with Gasteiger partial charge in [0.25, 0.3) is 5.56 Å². The van der Waals surface area contributed by atoms with E-state index in [0.717, 1.165) is 34.3 Å². The van der Waals surface area contributed by atoms with Gasteiger partial charge in [-0.3, -0.25) is 14.2 Å². The highest BCUT2D eigenvalue weighted by molar-refractivity contribution is 8.00. The van der Waals surface area contributed by atoms with Crippen LogP contribution >= 0.6 is 23.1 Å². The van der Waals surface area contributed by atoms with E-state index in [1.165, 1.54) is 23.1 Å². The Bertz CT molecular complexity index is 1080. The number of rotatable bonds is 7. The standard InChI is InChI=1S/C22H25N3O2S2/c1-13(2)11-23-19(26)14(3)29-22-24-20-18(17(12-28-20)15-9-10-15)21(27)25(22)16-7-5-4-6-8-16/h4-8,12-15H,9-11H2,1-3H3,(H,23,26). The molecule has 1 aliphatic rings. The summed E-state index contributed by atoms with van der Waals surface area (Å²) >= 11 is 2.86. The predicted octanol–water partition coefficient (Wildman–Crippen LogP) is 4.58. The van der Waals surface area contributed by atoms with E-state index in [9.17, 15) is 9.59 Å². The predicted molar refractivity (Wildman–Crippen MR) is 120 cm³/mol. The molecule has 7 heteroatoms. The largest absolute Gasteiger partial charge is 0.355 e. The zero-order chi connectivity index (χ0) is 20.5. The maximum absolute atomic E-state index is 13.5. The molecule has 1 aromatic carbocycles. The van der Waals surface area contributed by atoms with E-state index in [2.05, 4.69) is 24.5 Å². The summed E-state index contributed by atoms with van der Waals surface area (Å²) in [5.74, 6) is 0.837. The lowest BCUT2D eigenvalue weighted by molar-refractivity contribution is -0.120. The number of hydrogen-bond donors (Lipinski definition) is 1. The van der Waals surface area contributed by atoms with E-state index >= 15 is 0 Å². The van der Waals surface area contributed by atoms with E-state index in [1.54, 1.807) is 4.57 Å². The van der Waals surface area contributed by atoms with E-state index in [-0.39, 0.29) is 16.7 Å². The summed E-state index contributed by atoms with van der Waals surface area (Å²) in [5.41, 5.74) is 1.87. The summed E-state index contributed by atoms with van der Waals surface area (Å²) in [6.45, 7) is 6.62. The number of thiophene rings is 1. The van der Waals surface area contributed by atoms with Crippen molar-refractivity contribution in [1.29, 1.82) is 0 Å². The molecule has 1 N–H and O–H groups in total. The van der Waals surface area contributed by atoms with Crippen molar-refractivity contribution in [2.45, 2.75) is 49.9 Å². The zero-order valence-corrected chi connectivity index (χ0v) is 18.5. The SMILES string of the molecule is CC(C)CNC(=O)C(C)Sc1nc2scc(C3CC3)c2c(=O)n1-c1ccccc1. The topological polar surface area (TPSA) is 64.0 Å². The van der Waals surface area contributed by atoms with Crippen molar-refractivity contribution in [3.05, 3.63) is 51.6 Å². The number of para-hydroxylation sites is 1. The van der Waals surface area contributed by atoms with Crippen LogP contribution < -0.4 is 10.9 Å². The molecule has 1 fully saturated rings. The van der Waals surface area contributed by atoms with Crippen LogP contribution in [0.5, 0.6) is 0 Å². The molecule has 0 radical (unpaired) electrons. The van der Waals surface area contributed by atoms with Gasteiger partial charge in [-0.15, -0.1) is 11.3 Å². The lowest BCUT2D eigenvalue weighted by Gasteiger charge is -2.16. The highest BCUT2D eigenvalue weighted by Gasteiger charge is 2.29. The molecule has 0 saturated heterocycles. The number of amides is 1. The molecule has 0 bridgehead atoms. The minimum Gasteiger partial charge on any atom is -0.355 e. The second kappa shape index (κ2) is 8.32. The van der Waals surface area contributed by atoms with E-state index < -0.39 is 0 Å². The Balaban J connectivity index is 1.76. The van der Waals surface area contributed by atoms with Gasteiger partial charge in [0.2, 0.25) is 5.91 Å². The van der Waals surface area contributed by atoms with Crippen LogP contribution in [0.1, 0.15) is 45.1 Å². The summed E-state index contributed by atoms with van der Waals surface area (Å²) in [5, 5.41) is 6.00. The second-order valence-electron chi connectivity index (χ2n) is 7.92. The third-order valence-electron chi connectivity index (χ3n) is 4.97. The lowest BCUT2D eigenvalue weighted by atomic mass is 10.1. The second-order valence-corrected chi connectivity index (χ2v) is 10.1. The number of carbonyl (C=O) groups is 1. The first-order valence-electron chi connectivity index (χ1n) is 9.99. The van der Waals surface area contributed by atoms with Crippen molar-refractivity contribution in [1.82, 2.24) is 14.9 Å². The average molecular weight is 428 g/mol. The fourth-order valence-corrected chi connectivity index (χ4v) is 5.25. The minimum atomic E-state index is -0.351. The van der Waals surface area contributed by atoms with Crippen LogP contribution in [-0.4, -0.2) is 27.3 Å². The highest BCUT2D eigenvalue weighted by atomic mass is 32.2. The molecule has 3 aromatic rings. The molecule has 1 atom stereocenters. The molecule has 1 saturated carbocycles. The number of aromatic nitrogens is 2. The van der Waals surface area contributed by atoms with Gasteiger partial charge in [0, 0.05) is 6.54 Å². The first kappa shape index (κ1) is 20.2. The Morgan fingerprint density at radius 3 is 2.66 bits per heavy atom. The fourth-order valence-electron chi connectivity index (χ4n) is 3.23. The number of carbonyl (C=O) groups excluding carboxylic acids is 1. The van der Waals surface area contributed by atoms with Crippen LogP contribution in [-0.2, 0) is 4.79 Å². The Hall–Kier alpha value is -2.12. The molecule has 2 aromatic heterocycles. The van der Waals surface area contributed by atoms with Crippen LogP contribution in [0.25, 0.3) is 15.9 Å². The lowest BCUT2D eigenvalue weighted by Crippen LogP contribution is -2.34. The van der Waals surface area contributed by atoms with Crippen molar-refractivity contribution >= 4 is 39.2 Å². The normalized spacial score (nSPS) is 15.0. The van der Waals surface area contributed by atoms with E-state index in [0.29, 0.717) is 23.5 Å². The quantitative estimate of drug-likeness (QED) is 0.443. The van der Waals surface area contributed by atoms with Crippen LogP contribution in [0.15, 0.2) is 45.7 Å². The van der Waals surface area contributed by atoms with Crippen molar-refractivity contribution in [3.63, 3.8) is 0 Å². The average Bonchev–Trinajstić information content (AvgIpc) is 3.46. The minimum absolute atomic E-state index is 0.0393. The zero-order valence-electron chi connectivity index (χ0n) is 16.8. The maximum Gasteiger partial charge on any atom is 0.267 e. The van der Waals surface area contributed by atoms with Crippen LogP contribution in [0.3, 0.4) is 0 Å².